The van der Waals surface area contributed by atoms with Crippen molar-refractivity contribution in [1.29, 1.82) is 0 Å². The third-order valence-corrected chi connectivity index (χ3v) is 4.04. The number of alkyl halides is 2. The molecule has 0 spiro atoms. The second-order valence-electron chi connectivity index (χ2n) is 5.61. The van der Waals surface area contributed by atoms with Crippen molar-refractivity contribution in [1.82, 2.24) is 4.90 Å². The Balaban J connectivity index is 1.99. The van der Waals surface area contributed by atoms with Gasteiger partial charge in [0.2, 0.25) is 0 Å². The Morgan fingerprint density at radius 3 is 2.40 bits per heavy atom. The number of rotatable bonds is 7. The fraction of sp³-hybridized carbons (Fsp3) is 0.600. The molecule has 0 amide bonds. The van der Waals surface area contributed by atoms with Crippen LogP contribution < -0.4 is 10.5 Å². The summed E-state index contributed by atoms with van der Waals surface area (Å²) in [6.07, 6.45) is 1.28. The molecule has 0 radical (unpaired) electrons. The van der Waals surface area contributed by atoms with Crippen LogP contribution in [-0.2, 0) is 0 Å². The van der Waals surface area contributed by atoms with Crippen LogP contribution in [0.5, 0.6) is 5.75 Å². The van der Waals surface area contributed by atoms with Gasteiger partial charge in [-0.2, -0.15) is 8.78 Å². The van der Waals surface area contributed by atoms with E-state index in [0.29, 0.717) is 6.54 Å². The van der Waals surface area contributed by atoms with E-state index in [4.69, 9.17) is 5.73 Å². The van der Waals surface area contributed by atoms with E-state index in [0.717, 1.165) is 23.9 Å². The molecule has 112 valence electrons. The summed E-state index contributed by atoms with van der Waals surface area (Å²) in [6.45, 7) is 1.00. The van der Waals surface area contributed by atoms with Crippen LogP contribution in [0.1, 0.15) is 24.9 Å². The Morgan fingerprint density at radius 2 is 1.95 bits per heavy atom. The largest absolute Gasteiger partial charge is 0.435 e. The Hall–Kier alpha value is -1.20. The van der Waals surface area contributed by atoms with E-state index in [-0.39, 0.29) is 11.8 Å². The van der Waals surface area contributed by atoms with E-state index < -0.39 is 6.61 Å². The lowest BCUT2D eigenvalue weighted by atomic mass is 10.1. The van der Waals surface area contributed by atoms with E-state index in [1.54, 1.807) is 12.1 Å². The van der Waals surface area contributed by atoms with Gasteiger partial charge in [-0.1, -0.05) is 19.1 Å². The molecule has 0 bridgehead atoms. The van der Waals surface area contributed by atoms with Crippen molar-refractivity contribution in [2.45, 2.75) is 26.0 Å². The summed E-state index contributed by atoms with van der Waals surface area (Å²) in [5.74, 6) is 1.74. The van der Waals surface area contributed by atoms with Crippen molar-refractivity contribution in [3.05, 3.63) is 29.8 Å². The van der Waals surface area contributed by atoms with Gasteiger partial charge in [-0.05, 0) is 43.0 Å². The van der Waals surface area contributed by atoms with Crippen LogP contribution in [-0.4, -0.2) is 31.6 Å². The van der Waals surface area contributed by atoms with E-state index in [1.807, 2.05) is 12.1 Å². The molecule has 2 N–H and O–H groups in total. The standard InChI is InChI=1S/C15H22F2N2O/c1-10-7-12(10)9-19(2)14(8-18)11-3-5-13(6-4-11)20-15(16)17/h3-6,10,12,14-15H,7-9,18H2,1-2H3. The zero-order valence-corrected chi connectivity index (χ0v) is 11.9. The monoisotopic (exact) mass is 284 g/mol. The summed E-state index contributed by atoms with van der Waals surface area (Å²) < 4.78 is 28.6. The number of likely N-dealkylation sites (N-methyl/N-ethyl adjacent to an activating group) is 1. The van der Waals surface area contributed by atoms with E-state index in [2.05, 4.69) is 23.6 Å². The first-order valence-corrected chi connectivity index (χ1v) is 6.96. The minimum absolute atomic E-state index is 0.114. The van der Waals surface area contributed by atoms with Gasteiger partial charge in [0, 0.05) is 19.1 Å². The number of hydrogen-bond donors (Lipinski definition) is 1. The van der Waals surface area contributed by atoms with Gasteiger partial charge in [-0.3, -0.25) is 4.90 Å². The lowest BCUT2D eigenvalue weighted by molar-refractivity contribution is -0.0498. The first-order chi connectivity index (χ1) is 9.51. The highest BCUT2D eigenvalue weighted by molar-refractivity contribution is 5.29. The molecule has 1 aliphatic rings. The first-order valence-electron chi connectivity index (χ1n) is 6.96. The van der Waals surface area contributed by atoms with Gasteiger partial charge in [-0.25, -0.2) is 0 Å². The third-order valence-electron chi connectivity index (χ3n) is 4.04. The smallest absolute Gasteiger partial charge is 0.387 e. The third kappa shape index (κ3) is 3.90. The fourth-order valence-electron chi connectivity index (χ4n) is 2.59. The van der Waals surface area contributed by atoms with Gasteiger partial charge in [0.25, 0.3) is 0 Å². The van der Waals surface area contributed by atoms with Crippen LogP contribution in [0.15, 0.2) is 24.3 Å². The van der Waals surface area contributed by atoms with Gasteiger partial charge in [0.15, 0.2) is 0 Å². The van der Waals surface area contributed by atoms with Gasteiger partial charge in [0.05, 0.1) is 0 Å². The van der Waals surface area contributed by atoms with Crippen molar-refractivity contribution < 1.29 is 13.5 Å². The maximum Gasteiger partial charge on any atom is 0.387 e. The molecule has 3 unspecified atom stereocenters. The molecule has 5 heteroatoms. The normalized spacial score (nSPS) is 23.1. The van der Waals surface area contributed by atoms with Crippen molar-refractivity contribution in [2.24, 2.45) is 17.6 Å². The van der Waals surface area contributed by atoms with Crippen LogP contribution in [0.2, 0.25) is 0 Å². The predicted molar refractivity (Wildman–Crippen MR) is 74.8 cm³/mol. The molecular formula is C15H22F2N2O. The summed E-state index contributed by atoms with van der Waals surface area (Å²) in [6, 6.07) is 6.86. The average molecular weight is 284 g/mol. The Kier molecular flexibility index (Phi) is 4.94. The second-order valence-corrected chi connectivity index (χ2v) is 5.61. The molecule has 1 aliphatic carbocycles. The molecule has 1 aromatic carbocycles. The van der Waals surface area contributed by atoms with Gasteiger partial charge in [-0.15, -0.1) is 0 Å². The highest BCUT2D eigenvalue weighted by atomic mass is 19.3. The maximum atomic E-state index is 12.1. The van der Waals surface area contributed by atoms with Crippen LogP contribution in [0, 0.1) is 11.8 Å². The fourth-order valence-corrected chi connectivity index (χ4v) is 2.59. The molecule has 3 nitrogen and oxygen atoms in total. The Morgan fingerprint density at radius 1 is 1.35 bits per heavy atom. The molecule has 3 atom stereocenters. The summed E-state index contributed by atoms with van der Waals surface area (Å²) in [7, 11) is 2.06. The van der Waals surface area contributed by atoms with E-state index in [1.165, 1.54) is 6.42 Å². The van der Waals surface area contributed by atoms with Crippen molar-refractivity contribution in [3.8, 4) is 5.75 Å². The molecule has 1 aromatic rings. The molecular weight excluding hydrogens is 262 g/mol. The van der Waals surface area contributed by atoms with E-state index in [9.17, 15) is 8.78 Å². The summed E-state index contributed by atoms with van der Waals surface area (Å²) in [5, 5.41) is 0. The second kappa shape index (κ2) is 6.50. The zero-order chi connectivity index (χ0) is 14.7. The molecule has 0 heterocycles. The highest BCUT2D eigenvalue weighted by Gasteiger charge is 2.34. The molecule has 0 aliphatic heterocycles. The van der Waals surface area contributed by atoms with Crippen LogP contribution in [0.3, 0.4) is 0 Å². The summed E-state index contributed by atoms with van der Waals surface area (Å²) in [4.78, 5) is 2.25. The van der Waals surface area contributed by atoms with Crippen LogP contribution >= 0.6 is 0 Å². The molecule has 2 rings (SSSR count). The molecule has 20 heavy (non-hydrogen) atoms. The SMILES string of the molecule is CC1CC1CN(C)C(CN)c1ccc(OC(F)F)cc1. The number of ether oxygens (including phenoxy) is 1. The Bertz CT molecular complexity index is 424. The van der Waals surface area contributed by atoms with Crippen LogP contribution in [0.4, 0.5) is 8.78 Å². The number of halogens is 2. The first kappa shape index (κ1) is 15.2. The maximum absolute atomic E-state index is 12.1. The lowest BCUT2D eigenvalue weighted by Gasteiger charge is -2.27. The number of hydrogen-bond acceptors (Lipinski definition) is 3. The summed E-state index contributed by atoms with van der Waals surface area (Å²) in [5.41, 5.74) is 6.89. The number of nitrogens with zero attached hydrogens (tertiary/aromatic N) is 1. The van der Waals surface area contributed by atoms with E-state index >= 15 is 0 Å². The predicted octanol–water partition coefficient (Wildman–Crippen LogP) is 2.88. The molecule has 0 aromatic heterocycles. The Labute approximate surface area is 118 Å². The van der Waals surface area contributed by atoms with Crippen molar-refractivity contribution >= 4 is 0 Å². The van der Waals surface area contributed by atoms with Gasteiger partial charge >= 0.3 is 6.61 Å². The zero-order valence-electron chi connectivity index (χ0n) is 11.9. The van der Waals surface area contributed by atoms with Gasteiger partial charge in [0.1, 0.15) is 5.75 Å². The minimum atomic E-state index is -2.79. The van der Waals surface area contributed by atoms with Crippen molar-refractivity contribution in [2.75, 3.05) is 20.1 Å². The minimum Gasteiger partial charge on any atom is -0.435 e. The average Bonchev–Trinajstić information content (AvgIpc) is 3.07. The number of benzene rings is 1. The number of nitrogens with two attached hydrogens (primary N) is 1. The quantitative estimate of drug-likeness (QED) is 0.836. The molecule has 0 saturated heterocycles. The van der Waals surface area contributed by atoms with Crippen molar-refractivity contribution in [3.63, 3.8) is 0 Å². The van der Waals surface area contributed by atoms with Gasteiger partial charge < -0.3 is 10.5 Å². The molecule has 1 fully saturated rings. The summed E-state index contributed by atoms with van der Waals surface area (Å²) >= 11 is 0. The topological polar surface area (TPSA) is 38.5 Å². The van der Waals surface area contributed by atoms with Crippen LogP contribution in [0.25, 0.3) is 0 Å². The highest BCUT2D eigenvalue weighted by Crippen LogP contribution is 2.39. The molecule has 1 saturated carbocycles. The lowest BCUT2D eigenvalue weighted by Crippen LogP contribution is -2.32.